The highest BCUT2D eigenvalue weighted by molar-refractivity contribution is 5.33. The van der Waals surface area contributed by atoms with Crippen LogP contribution < -0.4 is 0 Å². The van der Waals surface area contributed by atoms with E-state index in [2.05, 4.69) is 5.10 Å². The lowest BCUT2D eigenvalue weighted by molar-refractivity contribution is -0.0731. The van der Waals surface area contributed by atoms with E-state index in [0.717, 1.165) is 16.3 Å². The molecule has 2 aromatic rings. The summed E-state index contributed by atoms with van der Waals surface area (Å²) in [6.45, 7) is 0.527. The minimum atomic E-state index is 0.527. The third-order valence-corrected chi connectivity index (χ3v) is 2.12. The summed E-state index contributed by atoms with van der Waals surface area (Å²) in [5.41, 5.74) is 2.08. The van der Waals surface area contributed by atoms with Crippen LogP contribution in [0, 0.1) is 0 Å². The molecule has 0 saturated heterocycles. The molecule has 0 saturated carbocycles. The van der Waals surface area contributed by atoms with Gasteiger partial charge in [-0.15, -0.1) is 0 Å². The van der Waals surface area contributed by atoms with E-state index in [1.807, 2.05) is 36.5 Å². The van der Waals surface area contributed by atoms with Crippen LogP contribution in [0.1, 0.15) is 5.56 Å². The maximum absolute atomic E-state index is 9.07. The quantitative estimate of drug-likeness (QED) is 0.772. The predicted octanol–water partition coefficient (Wildman–Crippen LogP) is 1.69. The normalized spacial score (nSPS) is 10.9. The zero-order valence-corrected chi connectivity index (χ0v) is 8.54. The van der Waals surface area contributed by atoms with Gasteiger partial charge in [-0.05, 0) is 23.8 Å². The number of nitrogens with zero attached hydrogens (tertiary/aromatic N) is 3. The highest BCUT2D eigenvalue weighted by Crippen LogP contribution is 2.09. The third kappa shape index (κ3) is 2.43. The van der Waals surface area contributed by atoms with E-state index in [0.29, 0.717) is 6.54 Å². The van der Waals surface area contributed by atoms with E-state index in [4.69, 9.17) is 5.21 Å². The van der Waals surface area contributed by atoms with Crippen LogP contribution in [0.25, 0.3) is 5.69 Å². The molecule has 2 rings (SSSR count). The molecule has 0 aliphatic heterocycles. The van der Waals surface area contributed by atoms with Gasteiger partial charge < -0.3 is 5.21 Å². The van der Waals surface area contributed by atoms with Gasteiger partial charge in [0.25, 0.3) is 0 Å². The van der Waals surface area contributed by atoms with Crippen LogP contribution in [0.2, 0.25) is 0 Å². The molecule has 4 heteroatoms. The second-order valence-corrected chi connectivity index (χ2v) is 3.43. The highest BCUT2D eigenvalue weighted by Gasteiger charge is 1.98. The Morgan fingerprint density at radius 2 is 2.07 bits per heavy atom. The Balaban J connectivity index is 2.17. The summed E-state index contributed by atoms with van der Waals surface area (Å²) in [7, 11) is 1.63. The Kier molecular flexibility index (Phi) is 2.80. The maximum Gasteiger partial charge on any atom is 0.0645 e. The van der Waals surface area contributed by atoms with Crippen LogP contribution in [-0.4, -0.2) is 27.1 Å². The molecule has 0 amide bonds. The van der Waals surface area contributed by atoms with Gasteiger partial charge in [-0.1, -0.05) is 12.1 Å². The van der Waals surface area contributed by atoms with Gasteiger partial charge in [-0.3, -0.25) is 0 Å². The Morgan fingerprint density at radius 1 is 1.33 bits per heavy atom. The van der Waals surface area contributed by atoms with E-state index in [9.17, 15) is 0 Å². The van der Waals surface area contributed by atoms with Gasteiger partial charge in [0.1, 0.15) is 0 Å². The Morgan fingerprint density at radius 3 is 2.60 bits per heavy atom. The van der Waals surface area contributed by atoms with Crippen LogP contribution in [0.4, 0.5) is 0 Å². The molecule has 0 bridgehead atoms. The van der Waals surface area contributed by atoms with Crippen molar-refractivity contribution in [1.82, 2.24) is 14.8 Å². The third-order valence-electron chi connectivity index (χ3n) is 2.12. The Bertz CT molecular complexity index is 406. The molecule has 0 fully saturated rings. The van der Waals surface area contributed by atoms with Crippen molar-refractivity contribution in [2.24, 2.45) is 0 Å². The lowest BCUT2D eigenvalue weighted by atomic mass is 10.2. The largest absolute Gasteiger partial charge is 0.314 e. The standard InChI is InChI=1S/C11H13N3O/c1-13(15)9-10-3-5-11(6-4-10)14-8-2-7-12-14/h2-8,15H,9H2,1H3. The van der Waals surface area contributed by atoms with Crippen LogP contribution >= 0.6 is 0 Å². The monoisotopic (exact) mass is 203 g/mol. The first kappa shape index (κ1) is 9.89. The molecule has 78 valence electrons. The topological polar surface area (TPSA) is 41.3 Å². The summed E-state index contributed by atoms with van der Waals surface area (Å²) in [6.07, 6.45) is 3.64. The van der Waals surface area contributed by atoms with E-state index >= 15 is 0 Å². The first-order valence-corrected chi connectivity index (χ1v) is 4.75. The molecule has 0 aliphatic carbocycles. The van der Waals surface area contributed by atoms with E-state index in [1.54, 1.807) is 17.9 Å². The van der Waals surface area contributed by atoms with Crippen LogP contribution in [0.3, 0.4) is 0 Å². The second kappa shape index (κ2) is 4.25. The molecule has 1 aromatic heterocycles. The molecule has 1 heterocycles. The van der Waals surface area contributed by atoms with Crippen LogP contribution in [-0.2, 0) is 6.54 Å². The lowest BCUT2D eigenvalue weighted by Gasteiger charge is -2.08. The van der Waals surface area contributed by atoms with Gasteiger partial charge in [-0.2, -0.15) is 10.2 Å². The van der Waals surface area contributed by atoms with Crippen molar-refractivity contribution < 1.29 is 5.21 Å². The highest BCUT2D eigenvalue weighted by atomic mass is 16.5. The number of rotatable bonds is 3. The van der Waals surface area contributed by atoms with E-state index in [-0.39, 0.29) is 0 Å². The zero-order chi connectivity index (χ0) is 10.7. The summed E-state index contributed by atoms with van der Waals surface area (Å²) < 4.78 is 1.80. The minimum absolute atomic E-state index is 0.527. The Hall–Kier alpha value is -1.65. The summed E-state index contributed by atoms with van der Waals surface area (Å²) in [4.78, 5) is 0. The molecule has 0 aliphatic rings. The SMILES string of the molecule is CN(O)Cc1ccc(-n2cccn2)cc1. The lowest BCUT2D eigenvalue weighted by Crippen LogP contribution is -2.11. The summed E-state index contributed by atoms with van der Waals surface area (Å²) in [6, 6.07) is 9.79. The fraction of sp³-hybridized carbons (Fsp3) is 0.182. The van der Waals surface area contributed by atoms with Crippen molar-refractivity contribution in [3.05, 3.63) is 48.3 Å². The van der Waals surface area contributed by atoms with Crippen LogP contribution in [0.5, 0.6) is 0 Å². The maximum atomic E-state index is 9.07. The molecule has 4 nitrogen and oxygen atoms in total. The van der Waals surface area contributed by atoms with Gasteiger partial charge in [0, 0.05) is 26.0 Å². The molecule has 0 atom stereocenters. The molecule has 15 heavy (non-hydrogen) atoms. The van der Waals surface area contributed by atoms with Crippen molar-refractivity contribution >= 4 is 0 Å². The number of aromatic nitrogens is 2. The zero-order valence-electron chi connectivity index (χ0n) is 8.54. The predicted molar refractivity (Wildman–Crippen MR) is 56.8 cm³/mol. The molecule has 0 radical (unpaired) electrons. The second-order valence-electron chi connectivity index (χ2n) is 3.43. The smallest absolute Gasteiger partial charge is 0.0645 e. The number of hydrogen-bond donors (Lipinski definition) is 1. The van der Waals surface area contributed by atoms with Gasteiger partial charge >= 0.3 is 0 Å². The minimum Gasteiger partial charge on any atom is -0.314 e. The molecule has 1 N–H and O–H groups in total. The first-order chi connectivity index (χ1) is 7.25. The van der Waals surface area contributed by atoms with E-state index in [1.165, 1.54) is 0 Å². The first-order valence-electron chi connectivity index (χ1n) is 4.75. The number of benzene rings is 1. The molecule has 0 unspecified atom stereocenters. The van der Waals surface area contributed by atoms with Crippen molar-refractivity contribution in [1.29, 1.82) is 0 Å². The van der Waals surface area contributed by atoms with E-state index < -0.39 is 0 Å². The van der Waals surface area contributed by atoms with Crippen molar-refractivity contribution in [3.63, 3.8) is 0 Å². The average Bonchev–Trinajstić information content (AvgIpc) is 2.71. The van der Waals surface area contributed by atoms with Crippen molar-refractivity contribution in [2.75, 3.05) is 7.05 Å². The van der Waals surface area contributed by atoms with Gasteiger partial charge in [0.05, 0.1) is 5.69 Å². The summed E-state index contributed by atoms with van der Waals surface area (Å²) in [5.74, 6) is 0. The average molecular weight is 203 g/mol. The number of hydrogen-bond acceptors (Lipinski definition) is 3. The fourth-order valence-electron chi connectivity index (χ4n) is 1.44. The molecule has 1 aromatic carbocycles. The van der Waals surface area contributed by atoms with Crippen molar-refractivity contribution in [2.45, 2.75) is 6.54 Å². The van der Waals surface area contributed by atoms with Gasteiger partial charge in [-0.25, -0.2) is 4.68 Å². The van der Waals surface area contributed by atoms with Crippen molar-refractivity contribution in [3.8, 4) is 5.69 Å². The van der Waals surface area contributed by atoms with Crippen LogP contribution in [0.15, 0.2) is 42.7 Å². The summed E-state index contributed by atoms with van der Waals surface area (Å²) >= 11 is 0. The Labute approximate surface area is 88.3 Å². The fourth-order valence-corrected chi connectivity index (χ4v) is 1.44. The molecule has 0 spiro atoms. The van der Waals surface area contributed by atoms with Gasteiger partial charge in [0.2, 0.25) is 0 Å². The molecular formula is C11H13N3O. The summed E-state index contributed by atoms with van der Waals surface area (Å²) in [5, 5.41) is 14.4. The van der Waals surface area contributed by atoms with Gasteiger partial charge in [0.15, 0.2) is 0 Å². The number of hydroxylamine groups is 2. The molecular weight excluding hydrogens is 190 g/mol.